The number of hydrogen-bond acceptors (Lipinski definition) is 3. The minimum Gasteiger partial charge on any atom is -0.299 e. The fourth-order valence-corrected chi connectivity index (χ4v) is 2.09. The van der Waals surface area contributed by atoms with Crippen LogP contribution in [0.1, 0.15) is 32.4 Å². The Bertz CT molecular complexity index is 416. The second-order valence-corrected chi connectivity index (χ2v) is 5.14. The Morgan fingerprint density at radius 3 is 3.06 bits per heavy atom. The number of aromatic amines is 1. The van der Waals surface area contributed by atoms with Gasteiger partial charge < -0.3 is 0 Å². The van der Waals surface area contributed by atoms with Gasteiger partial charge in [-0.1, -0.05) is 13.8 Å². The number of H-pyrrole nitrogens is 1. The Hall–Kier alpha value is -1.15. The highest BCUT2D eigenvalue weighted by molar-refractivity contribution is 7.99. The first kappa shape index (κ1) is 12.9. The zero-order valence-electron chi connectivity index (χ0n) is 9.69. The van der Waals surface area contributed by atoms with E-state index in [0.29, 0.717) is 18.2 Å². The molecule has 0 aromatic carbocycles. The first-order valence-electron chi connectivity index (χ1n) is 5.44. The predicted octanol–water partition coefficient (Wildman–Crippen LogP) is 2.12. The number of hydrogen-bond donors (Lipinski definition) is 1. The Morgan fingerprint density at radius 1 is 1.69 bits per heavy atom. The highest BCUT2D eigenvalue weighted by Crippen LogP contribution is 2.17. The molecular weight excluding hydrogens is 222 g/mol. The molecular formula is C11H17N3OS. The zero-order valence-corrected chi connectivity index (χ0v) is 10.5. The van der Waals surface area contributed by atoms with Gasteiger partial charge in [0, 0.05) is 22.8 Å². The van der Waals surface area contributed by atoms with Gasteiger partial charge in [-0.15, -0.1) is 0 Å². The van der Waals surface area contributed by atoms with Crippen molar-refractivity contribution >= 4 is 11.8 Å². The molecule has 1 aromatic rings. The van der Waals surface area contributed by atoms with E-state index in [1.165, 1.54) is 4.68 Å². The Kier molecular flexibility index (Phi) is 5.20. The molecule has 0 aliphatic rings. The van der Waals surface area contributed by atoms with E-state index in [1.54, 1.807) is 6.07 Å². The molecule has 0 fully saturated rings. The first-order valence-corrected chi connectivity index (χ1v) is 6.49. The van der Waals surface area contributed by atoms with Gasteiger partial charge in [-0.25, -0.2) is 0 Å². The topological polar surface area (TPSA) is 61.6 Å². The van der Waals surface area contributed by atoms with Crippen LogP contribution in [-0.4, -0.2) is 15.0 Å². The molecule has 4 nitrogen and oxygen atoms in total. The van der Waals surface area contributed by atoms with Crippen molar-refractivity contribution in [1.82, 2.24) is 9.78 Å². The third kappa shape index (κ3) is 3.78. The van der Waals surface area contributed by atoms with Gasteiger partial charge in [-0.05, 0) is 6.42 Å². The summed E-state index contributed by atoms with van der Waals surface area (Å²) in [4.78, 5) is 11.5. The standard InChI is InChI=1S/C11H17N3OS/c1-3-9(2)16-8-10-7-11(15)14(13-10)6-4-5-12/h7,9,13H,3-4,6,8H2,1-2H3. The van der Waals surface area contributed by atoms with Crippen LogP contribution in [0.5, 0.6) is 0 Å². The molecule has 88 valence electrons. The maximum Gasteiger partial charge on any atom is 0.266 e. The van der Waals surface area contributed by atoms with Crippen molar-refractivity contribution in [2.24, 2.45) is 0 Å². The van der Waals surface area contributed by atoms with E-state index in [2.05, 4.69) is 18.9 Å². The summed E-state index contributed by atoms with van der Waals surface area (Å²) in [5.74, 6) is 0.823. The molecule has 1 unspecified atom stereocenters. The van der Waals surface area contributed by atoms with Crippen molar-refractivity contribution in [2.75, 3.05) is 0 Å². The zero-order chi connectivity index (χ0) is 12.0. The van der Waals surface area contributed by atoms with Gasteiger partial charge in [0.25, 0.3) is 5.56 Å². The lowest BCUT2D eigenvalue weighted by molar-refractivity contribution is 0.603. The molecule has 0 spiro atoms. The highest BCUT2D eigenvalue weighted by Gasteiger charge is 2.05. The van der Waals surface area contributed by atoms with Gasteiger partial charge in [0.2, 0.25) is 0 Å². The molecule has 0 aliphatic carbocycles. The lowest BCUT2D eigenvalue weighted by Crippen LogP contribution is -2.15. The summed E-state index contributed by atoms with van der Waals surface area (Å²) in [5, 5.41) is 12.1. The van der Waals surface area contributed by atoms with Gasteiger partial charge in [0.1, 0.15) is 0 Å². The van der Waals surface area contributed by atoms with Crippen LogP contribution in [0.3, 0.4) is 0 Å². The molecule has 0 radical (unpaired) electrons. The average molecular weight is 239 g/mol. The molecule has 0 amide bonds. The SMILES string of the molecule is CCC(C)SCc1cc(=O)n(CCC#N)[nH]1. The number of thioether (sulfide) groups is 1. The van der Waals surface area contributed by atoms with Crippen LogP contribution in [0.25, 0.3) is 0 Å². The summed E-state index contributed by atoms with van der Waals surface area (Å²) in [7, 11) is 0. The average Bonchev–Trinajstić information content (AvgIpc) is 2.64. The van der Waals surface area contributed by atoms with Crippen LogP contribution in [0.4, 0.5) is 0 Å². The summed E-state index contributed by atoms with van der Waals surface area (Å²) in [6, 6.07) is 3.64. The summed E-state index contributed by atoms with van der Waals surface area (Å²) in [6.45, 7) is 4.78. The van der Waals surface area contributed by atoms with E-state index in [0.717, 1.165) is 17.9 Å². The number of aryl methyl sites for hydroxylation is 1. The number of rotatable bonds is 6. The predicted molar refractivity (Wildman–Crippen MR) is 66.3 cm³/mol. The van der Waals surface area contributed by atoms with Crippen molar-refractivity contribution < 1.29 is 0 Å². The smallest absolute Gasteiger partial charge is 0.266 e. The number of aromatic nitrogens is 2. The second kappa shape index (κ2) is 6.44. The molecule has 0 aliphatic heterocycles. The summed E-state index contributed by atoms with van der Waals surface area (Å²) < 4.78 is 1.50. The fraction of sp³-hybridized carbons (Fsp3) is 0.636. The molecule has 16 heavy (non-hydrogen) atoms. The number of nitrogens with zero attached hydrogens (tertiary/aromatic N) is 2. The van der Waals surface area contributed by atoms with Crippen molar-refractivity contribution in [2.45, 2.75) is 44.2 Å². The van der Waals surface area contributed by atoms with Gasteiger partial charge in [0.15, 0.2) is 0 Å². The van der Waals surface area contributed by atoms with E-state index >= 15 is 0 Å². The van der Waals surface area contributed by atoms with Crippen LogP contribution in [0, 0.1) is 11.3 Å². The fourth-order valence-electron chi connectivity index (χ4n) is 1.24. The Morgan fingerprint density at radius 2 is 2.44 bits per heavy atom. The van der Waals surface area contributed by atoms with Crippen LogP contribution in [-0.2, 0) is 12.3 Å². The van der Waals surface area contributed by atoms with Gasteiger partial charge in [0.05, 0.1) is 19.0 Å². The molecule has 1 atom stereocenters. The summed E-state index contributed by atoms with van der Waals surface area (Å²) >= 11 is 1.83. The highest BCUT2D eigenvalue weighted by atomic mass is 32.2. The van der Waals surface area contributed by atoms with Crippen LogP contribution < -0.4 is 5.56 Å². The molecule has 1 aromatic heterocycles. The van der Waals surface area contributed by atoms with Crippen molar-refractivity contribution in [1.29, 1.82) is 5.26 Å². The molecule has 1 N–H and O–H groups in total. The van der Waals surface area contributed by atoms with E-state index in [-0.39, 0.29) is 5.56 Å². The van der Waals surface area contributed by atoms with E-state index in [4.69, 9.17) is 5.26 Å². The van der Waals surface area contributed by atoms with Gasteiger partial charge >= 0.3 is 0 Å². The minimum atomic E-state index is -0.0463. The lowest BCUT2D eigenvalue weighted by Gasteiger charge is -2.06. The summed E-state index contributed by atoms with van der Waals surface area (Å²) in [5.41, 5.74) is 0.892. The summed E-state index contributed by atoms with van der Waals surface area (Å²) in [6.07, 6.45) is 1.49. The largest absolute Gasteiger partial charge is 0.299 e. The Labute approximate surface area is 99.6 Å². The first-order chi connectivity index (χ1) is 7.67. The van der Waals surface area contributed by atoms with Crippen LogP contribution in [0.2, 0.25) is 0 Å². The Balaban J connectivity index is 2.56. The third-order valence-electron chi connectivity index (χ3n) is 2.39. The molecule has 0 saturated heterocycles. The minimum absolute atomic E-state index is 0.0463. The lowest BCUT2D eigenvalue weighted by atomic mass is 10.4. The van der Waals surface area contributed by atoms with Crippen LogP contribution in [0.15, 0.2) is 10.9 Å². The maximum atomic E-state index is 11.5. The second-order valence-electron chi connectivity index (χ2n) is 3.71. The molecule has 1 rings (SSSR count). The molecule has 0 saturated carbocycles. The van der Waals surface area contributed by atoms with Gasteiger partial charge in [-0.3, -0.25) is 14.6 Å². The van der Waals surface area contributed by atoms with Crippen molar-refractivity contribution in [3.05, 3.63) is 22.1 Å². The quantitative estimate of drug-likeness (QED) is 0.827. The third-order valence-corrected chi connectivity index (χ3v) is 3.77. The molecule has 1 heterocycles. The molecule has 5 heteroatoms. The number of nitrogens with one attached hydrogen (secondary N) is 1. The van der Waals surface area contributed by atoms with E-state index < -0.39 is 0 Å². The van der Waals surface area contributed by atoms with E-state index in [1.807, 2.05) is 17.8 Å². The van der Waals surface area contributed by atoms with Crippen LogP contribution >= 0.6 is 11.8 Å². The van der Waals surface area contributed by atoms with Gasteiger partial charge in [-0.2, -0.15) is 17.0 Å². The monoisotopic (exact) mass is 239 g/mol. The maximum absolute atomic E-state index is 11.5. The molecule has 0 bridgehead atoms. The normalized spacial score (nSPS) is 12.3. The van der Waals surface area contributed by atoms with Crippen molar-refractivity contribution in [3.8, 4) is 6.07 Å². The number of nitriles is 1. The van der Waals surface area contributed by atoms with Crippen molar-refractivity contribution in [3.63, 3.8) is 0 Å². The van der Waals surface area contributed by atoms with E-state index in [9.17, 15) is 4.79 Å².